The van der Waals surface area contributed by atoms with Crippen LogP contribution in [0.4, 0.5) is 22.0 Å². The second kappa shape index (κ2) is 3.74. The fourth-order valence-electron chi connectivity index (χ4n) is 0.911. The van der Waals surface area contributed by atoms with E-state index in [2.05, 4.69) is 10.1 Å². The topological polar surface area (TPSA) is 41.6 Å². The van der Waals surface area contributed by atoms with E-state index in [1.54, 1.807) is 6.92 Å². The molecule has 0 fully saturated rings. The third-order valence-electron chi connectivity index (χ3n) is 1.66. The zero-order valence-electron chi connectivity index (χ0n) is 7.70. The van der Waals surface area contributed by atoms with E-state index in [9.17, 15) is 22.0 Å². The van der Waals surface area contributed by atoms with Crippen molar-refractivity contribution in [1.29, 1.82) is 0 Å². The standard InChI is InChI=1S/C7H8F5N3/c1-2-3-4-13-5(15-14-4)6(8,9)7(10,11)12/h2-3H2,1H3,(H,13,14,15). The van der Waals surface area contributed by atoms with E-state index < -0.39 is 17.9 Å². The first-order chi connectivity index (χ1) is 6.79. The summed E-state index contributed by atoms with van der Waals surface area (Å²) >= 11 is 0. The van der Waals surface area contributed by atoms with E-state index in [0.29, 0.717) is 6.42 Å². The molecule has 0 aromatic carbocycles. The number of H-pyrrole nitrogens is 1. The van der Waals surface area contributed by atoms with Gasteiger partial charge in [0, 0.05) is 6.42 Å². The molecule has 3 nitrogen and oxygen atoms in total. The van der Waals surface area contributed by atoms with Crippen molar-refractivity contribution in [2.45, 2.75) is 31.9 Å². The molecule has 0 atom stereocenters. The van der Waals surface area contributed by atoms with Gasteiger partial charge in [-0.15, -0.1) is 0 Å². The minimum atomic E-state index is -5.67. The van der Waals surface area contributed by atoms with Crippen molar-refractivity contribution >= 4 is 0 Å². The maximum Gasteiger partial charge on any atom is 0.461 e. The summed E-state index contributed by atoms with van der Waals surface area (Å²) in [5.74, 6) is -6.51. The van der Waals surface area contributed by atoms with Crippen LogP contribution in [0.1, 0.15) is 25.0 Å². The number of alkyl halides is 5. The predicted molar refractivity (Wildman–Crippen MR) is 40.3 cm³/mol. The third kappa shape index (κ3) is 2.24. The summed E-state index contributed by atoms with van der Waals surface area (Å²) in [6.45, 7) is 1.74. The number of hydrogen-bond acceptors (Lipinski definition) is 2. The normalized spacial score (nSPS) is 13.2. The molecule has 0 unspecified atom stereocenters. The number of aromatic nitrogens is 3. The summed E-state index contributed by atoms with van der Waals surface area (Å²) in [5, 5.41) is 4.91. The highest BCUT2D eigenvalue weighted by Gasteiger charge is 2.61. The molecule has 1 rings (SSSR count). The molecule has 1 N–H and O–H groups in total. The second-order valence-electron chi connectivity index (χ2n) is 2.93. The monoisotopic (exact) mass is 229 g/mol. The Morgan fingerprint density at radius 3 is 2.27 bits per heavy atom. The van der Waals surface area contributed by atoms with Gasteiger partial charge in [-0.05, 0) is 6.42 Å². The number of aryl methyl sites for hydroxylation is 1. The highest BCUT2D eigenvalue weighted by molar-refractivity contribution is 5.01. The van der Waals surface area contributed by atoms with Crippen molar-refractivity contribution in [2.75, 3.05) is 0 Å². The third-order valence-corrected chi connectivity index (χ3v) is 1.66. The number of hydrogen-bond donors (Lipinski definition) is 1. The molecule has 0 amide bonds. The first-order valence-corrected chi connectivity index (χ1v) is 4.15. The summed E-state index contributed by atoms with van der Waals surface area (Å²) in [7, 11) is 0. The molecule has 0 aliphatic rings. The van der Waals surface area contributed by atoms with Gasteiger partial charge in [-0.25, -0.2) is 4.98 Å². The van der Waals surface area contributed by atoms with Crippen LogP contribution in [-0.2, 0) is 12.3 Å². The van der Waals surface area contributed by atoms with E-state index in [1.165, 1.54) is 0 Å². The molecule has 0 spiro atoms. The van der Waals surface area contributed by atoms with Crippen molar-refractivity contribution < 1.29 is 22.0 Å². The largest absolute Gasteiger partial charge is 0.461 e. The van der Waals surface area contributed by atoms with Crippen LogP contribution in [0.3, 0.4) is 0 Å². The van der Waals surface area contributed by atoms with Gasteiger partial charge in [-0.1, -0.05) is 6.92 Å². The lowest BCUT2D eigenvalue weighted by Gasteiger charge is -2.15. The van der Waals surface area contributed by atoms with Crippen molar-refractivity contribution in [3.8, 4) is 0 Å². The molecule has 0 saturated carbocycles. The van der Waals surface area contributed by atoms with Crippen LogP contribution in [0.15, 0.2) is 0 Å². The number of nitrogens with one attached hydrogen (secondary N) is 1. The van der Waals surface area contributed by atoms with Crippen LogP contribution in [0.5, 0.6) is 0 Å². The summed E-state index contributed by atoms with van der Waals surface area (Å²) in [5.41, 5.74) is 0. The average molecular weight is 229 g/mol. The van der Waals surface area contributed by atoms with Crippen LogP contribution in [0.2, 0.25) is 0 Å². The molecule has 1 heterocycles. The smallest absolute Gasteiger partial charge is 0.263 e. The van der Waals surface area contributed by atoms with Gasteiger partial charge in [0.15, 0.2) is 0 Å². The summed E-state index contributed by atoms with van der Waals surface area (Å²) in [6.07, 6.45) is -4.81. The molecular weight excluding hydrogens is 221 g/mol. The van der Waals surface area contributed by atoms with E-state index in [1.807, 2.05) is 5.10 Å². The van der Waals surface area contributed by atoms with Gasteiger partial charge in [0.1, 0.15) is 5.82 Å². The Bertz CT molecular complexity index is 330. The number of rotatable bonds is 3. The minimum absolute atomic E-state index is 0.0245. The average Bonchev–Trinajstić information content (AvgIpc) is 2.51. The highest BCUT2D eigenvalue weighted by atomic mass is 19.4. The fraction of sp³-hybridized carbons (Fsp3) is 0.714. The van der Waals surface area contributed by atoms with Gasteiger partial charge in [0.25, 0.3) is 0 Å². The molecule has 1 aromatic heterocycles. The lowest BCUT2D eigenvalue weighted by Crippen LogP contribution is -2.34. The molecular formula is C7H8F5N3. The maximum absolute atomic E-state index is 12.6. The predicted octanol–water partition coefficient (Wildman–Crippen LogP) is 2.41. The fourth-order valence-corrected chi connectivity index (χ4v) is 0.911. The van der Waals surface area contributed by atoms with Gasteiger partial charge in [0.05, 0.1) is 0 Å². The summed E-state index contributed by atoms with van der Waals surface area (Å²) in [4.78, 5) is 3.10. The van der Waals surface area contributed by atoms with Gasteiger partial charge < -0.3 is 0 Å². The molecule has 86 valence electrons. The zero-order chi connectivity index (χ0) is 11.7. The second-order valence-corrected chi connectivity index (χ2v) is 2.93. The van der Waals surface area contributed by atoms with Gasteiger partial charge in [0.2, 0.25) is 5.82 Å². The highest BCUT2D eigenvalue weighted by Crippen LogP contribution is 2.42. The number of aromatic amines is 1. The van der Waals surface area contributed by atoms with E-state index in [0.717, 1.165) is 0 Å². The van der Waals surface area contributed by atoms with Gasteiger partial charge >= 0.3 is 12.1 Å². The molecule has 0 aliphatic carbocycles. The van der Waals surface area contributed by atoms with E-state index >= 15 is 0 Å². The molecule has 0 aliphatic heterocycles. The van der Waals surface area contributed by atoms with Crippen LogP contribution in [0, 0.1) is 0 Å². The SMILES string of the molecule is CCCc1nc(C(F)(F)C(F)(F)F)n[nH]1. The van der Waals surface area contributed by atoms with Crippen molar-refractivity contribution in [3.63, 3.8) is 0 Å². The number of nitrogens with zero attached hydrogens (tertiary/aromatic N) is 2. The molecule has 0 bridgehead atoms. The Morgan fingerprint density at radius 2 is 1.80 bits per heavy atom. The minimum Gasteiger partial charge on any atom is -0.263 e. The van der Waals surface area contributed by atoms with Crippen LogP contribution < -0.4 is 0 Å². The van der Waals surface area contributed by atoms with Crippen LogP contribution in [-0.4, -0.2) is 21.4 Å². The van der Waals surface area contributed by atoms with Crippen molar-refractivity contribution in [3.05, 3.63) is 11.6 Å². The molecule has 8 heteroatoms. The summed E-state index contributed by atoms with van der Waals surface area (Å²) < 4.78 is 60.9. The lowest BCUT2D eigenvalue weighted by atomic mass is 10.3. The van der Waals surface area contributed by atoms with E-state index in [4.69, 9.17) is 0 Å². The number of halogens is 5. The summed E-state index contributed by atoms with van der Waals surface area (Å²) in [6, 6.07) is 0. The van der Waals surface area contributed by atoms with E-state index in [-0.39, 0.29) is 12.2 Å². The maximum atomic E-state index is 12.6. The van der Waals surface area contributed by atoms with Crippen molar-refractivity contribution in [1.82, 2.24) is 15.2 Å². The molecule has 0 saturated heterocycles. The van der Waals surface area contributed by atoms with Gasteiger partial charge in [-0.3, -0.25) is 5.10 Å². The molecule has 15 heavy (non-hydrogen) atoms. The Hall–Kier alpha value is -1.21. The van der Waals surface area contributed by atoms with Gasteiger partial charge in [-0.2, -0.15) is 27.1 Å². The Morgan fingerprint density at radius 1 is 1.20 bits per heavy atom. The Balaban J connectivity index is 2.95. The Kier molecular flexibility index (Phi) is 2.96. The van der Waals surface area contributed by atoms with Crippen molar-refractivity contribution in [2.24, 2.45) is 0 Å². The Labute approximate surface area is 81.7 Å². The quantitative estimate of drug-likeness (QED) is 0.808. The first kappa shape index (κ1) is 11.9. The lowest BCUT2D eigenvalue weighted by molar-refractivity contribution is -0.292. The first-order valence-electron chi connectivity index (χ1n) is 4.15. The zero-order valence-corrected chi connectivity index (χ0v) is 7.70. The van der Waals surface area contributed by atoms with Crippen LogP contribution in [0.25, 0.3) is 0 Å². The van der Waals surface area contributed by atoms with Crippen LogP contribution >= 0.6 is 0 Å². The molecule has 1 aromatic rings. The molecule has 0 radical (unpaired) electrons.